The zero-order chi connectivity index (χ0) is 30.2. The molecule has 11 heteroatoms. The number of aryl methyl sites for hydroxylation is 1. The molecule has 3 amide bonds. The molecule has 3 atom stereocenters. The number of hydrogen-bond donors (Lipinski definition) is 0. The maximum absolute atomic E-state index is 13.7. The lowest BCUT2D eigenvalue weighted by atomic mass is 9.78. The number of amides is 3. The third-order valence-corrected chi connectivity index (χ3v) is 9.01. The second kappa shape index (κ2) is 11.5. The van der Waals surface area contributed by atoms with Crippen molar-refractivity contribution in [1.82, 2.24) is 10.0 Å². The maximum Gasteiger partial charge on any atom is 0.339 e. The van der Waals surface area contributed by atoms with Crippen LogP contribution < -0.4 is 4.18 Å². The van der Waals surface area contributed by atoms with Gasteiger partial charge in [0, 0.05) is 5.56 Å². The molecule has 1 heterocycles. The largest absolute Gasteiger partial charge is 0.379 e. The van der Waals surface area contributed by atoms with Gasteiger partial charge >= 0.3 is 10.1 Å². The lowest BCUT2D eigenvalue weighted by Gasteiger charge is -2.30. The van der Waals surface area contributed by atoms with Crippen LogP contribution in [0, 0.1) is 24.7 Å². The Morgan fingerprint density at radius 2 is 1.64 bits per heavy atom. The number of allylic oxidation sites excluding steroid dienone is 2. The van der Waals surface area contributed by atoms with Crippen molar-refractivity contribution in [3.8, 4) is 5.75 Å². The van der Waals surface area contributed by atoms with Crippen molar-refractivity contribution in [2.45, 2.75) is 25.2 Å². The highest BCUT2D eigenvalue weighted by Gasteiger charge is 2.53. The normalized spacial score (nSPS) is 19.9. The molecule has 0 radical (unpaired) electrons. The summed E-state index contributed by atoms with van der Waals surface area (Å²) in [7, 11) is -4.10. The summed E-state index contributed by atoms with van der Waals surface area (Å²) in [5, 5.41) is 1.74. The molecule has 1 aliphatic carbocycles. The number of benzene rings is 3. The smallest absolute Gasteiger partial charge is 0.339 e. The number of hydrogen-bond acceptors (Lipinski definition) is 7. The van der Waals surface area contributed by atoms with Crippen LogP contribution in [0.5, 0.6) is 5.75 Å². The topological polar surface area (TPSA) is 118 Å². The fourth-order valence-electron chi connectivity index (χ4n) is 5.18. The molecular weight excluding hydrogens is 580 g/mol. The summed E-state index contributed by atoms with van der Waals surface area (Å²) in [6.45, 7) is 3.02. The van der Waals surface area contributed by atoms with Crippen molar-refractivity contribution in [2.75, 3.05) is 6.54 Å². The third-order valence-electron chi connectivity index (χ3n) is 7.41. The number of nitrogens with zero attached hydrogens (tertiary/aromatic N) is 2. The van der Waals surface area contributed by atoms with E-state index in [0.29, 0.717) is 6.42 Å². The van der Waals surface area contributed by atoms with E-state index in [9.17, 15) is 27.6 Å². The first kappa shape index (κ1) is 29.2. The highest BCUT2D eigenvalue weighted by molar-refractivity contribution is 7.87. The molecule has 216 valence electrons. The summed E-state index contributed by atoms with van der Waals surface area (Å²) in [5.41, 5.74) is 1.03. The Morgan fingerprint density at radius 1 is 0.976 bits per heavy atom. The summed E-state index contributed by atoms with van der Waals surface area (Å²) in [6, 6.07) is 17.6. The number of fused-ring (bicyclic) bond motifs is 1. The predicted octanol–water partition coefficient (Wildman–Crippen LogP) is 4.85. The summed E-state index contributed by atoms with van der Waals surface area (Å²) < 4.78 is 30.5. The molecular formula is C31H27ClN2O7S. The molecule has 9 nitrogen and oxygen atoms in total. The Bertz CT molecular complexity index is 1700. The summed E-state index contributed by atoms with van der Waals surface area (Å²) in [4.78, 5) is 54.1. The van der Waals surface area contributed by atoms with E-state index >= 15 is 0 Å². The van der Waals surface area contributed by atoms with Crippen LogP contribution in [-0.4, -0.2) is 48.5 Å². The van der Waals surface area contributed by atoms with E-state index in [1.807, 2.05) is 26.0 Å². The minimum absolute atomic E-state index is 0.0213. The van der Waals surface area contributed by atoms with Gasteiger partial charge in [0.1, 0.15) is 17.2 Å². The van der Waals surface area contributed by atoms with Crippen LogP contribution in [0.4, 0.5) is 0 Å². The SMILES string of the molecule is Cc1ccc(S(=O)(=O)Oc2ccc(C(=O)CN(C(=O)c3ccccc3Cl)N3C(=O)[C@H]4[C@@H](C)C=CC[C@H]4C3=O)cc2)cc1. The molecule has 3 aromatic rings. The van der Waals surface area contributed by atoms with E-state index in [4.69, 9.17) is 15.8 Å². The summed E-state index contributed by atoms with van der Waals surface area (Å²) in [6.07, 6.45) is 4.06. The van der Waals surface area contributed by atoms with Gasteiger partial charge < -0.3 is 4.18 Å². The molecule has 1 saturated heterocycles. The van der Waals surface area contributed by atoms with Crippen molar-refractivity contribution < 1.29 is 31.8 Å². The van der Waals surface area contributed by atoms with Gasteiger partial charge in [0.15, 0.2) is 5.78 Å². The Balaban J connectivity index is 1.40. The molecule has 0 spiro atoms. The first-order chi connectivity index (χ1) is 20.0. The number of carbonyl (C=O) groups is 4. The Labute approximate surface area is 248 Å². The van der Waals surface area contributed by atoms with E-state index < -0.39 is 52.0 Å². The van der Waals surface area contributed by atoms with E-state index in [1.165, 1.54) is 48.5 Å². The molecule has 0 saturated carbocycles. The molecule has 0 bridgehead atoms. The highest BCUT2D eigenvalue weighted by Crippen LogP contribution is 2.39. The van der Waals surface area contributed by atoms with Crippen LogP contribution in [0.1, 0.15) is 39.6 Å². The monoisotopic (exact) mass is 606 g/mol. The fourth-order valence-corrected chi connectivity index (χ4v) is 6.33. The summed E-state index contributed by atoms with van der Waals surface area (Å²) in [5.74, 6) is -4.01. The second-order valence-electron chi connectivity index (χ2n) is 10.3. The fraction of sp³-hybridized carbons (Fsp3) is 0.226. The van der Waals surface area contributed by atoms with E-state index in [-0.39, 0.29) is 32.7 Å². The van der Waals surface area contributed by atoms with Gasteiger partial charge in [-0.2, -0.15) is 13.4 Å². The van der Waals surface area contributed by atoms with Gasteiger partial charge in [-0.3, -0.25) is 19.2 Å². The minimum Gasteiger partial charge on any atom is -0.379 e. The van der Waals surface area contributed by atoms with Gasteiger partial charge in [0.25, 0.3) is 17.7 Å². The van der Waals surface area contributed by atoms with E-state index in [0.717, 1.165) is 15.6 Å². The average molecular weight is 607 g/mol. The number of ketones is 1. The van der Waals surface area contributed by atoms with Gasteiger partial charge in [0.2, 0.25) is 0 Å². The van der Waals surface area contributed by atoms with Gasteiger partial charge in [-0.1, -0.05) is 60.5 Å². The maximum atomic E-state index is 13.7. The number of carbonyl (C=O) groups excluding carboxylic acids is 4. The molecule has 3 aromatic carbocycles. The standard InChI is InChI=1S/C31H27ClN2O7S/c1-19-10-16-23(17-11-19)42(39,40)41-22-14-12-21(13-15-22)27(35)18-33(29(36)24-7-3-4-9-26(24)32)34-30(37)25-8-5-6-20(2)28(25)31(34)38/h3-7,9-17,20,25,28H,8,18H2,1-2H3/t20-,25+,28-/m0/s1. The molecule has 5 rings (SSSR count). The van der Waals surface area contributed by atoms with Crippen molar-refractivity contribution in [3.05, 3.63) is 107 Å². The van der Waals surface area contributed by atoms with Gasteiger partial charge in [-0.15, -0.1) is 0 Å². The quantitative estimate of drug-likeness (QED) is 0.156. The third kappa shape index (κ3) is 5.60. The molecule has 2 aliphatic rings. The van der Waals surface area contributed by atoms with Crippen LogP contribution in [0.3, 0.4) is 0 Å². The van der Waals surface area contributed by atoms with Gasteiger partial charge in [-0.25, -0.2) is 5.01 Å². The second-order valence-corrected chi connectivity index (χ2v) is 12.2. The lowest BCUT2D eigenvalue weighted by molar-refractivity contribution is -0.154. The first-order valence-electron chi connectivity index (χ1n) is 13.2. The number of imide groups is 1. The van der Waals surface area contributed by atoms with Crippen LogP contribution in [0.2, 0.25) is 5.02 Å². The number of halogens is 1. The Morgan fingerprint density at radius 3 is 2.29 bits per heavy atom. The number of Topliss-reactive ketones (excluding diaryl/α,β-unsaturated/α-hetero) is 1. The van der Waals surface area contributed by atoms with Crippen LogP contribution in [0.25, 0.3) is 0 Å². The van der Waals surface area contributed by atoms with Crippen molar-refractivity contribution in [2.24, 2.45) is 17.8 Å². The van der Waals surface area contributed by atoms with Gasteiger partial charge in [-0.05, 0) is 67.8 Å². The number of rotatable bonds is 8. The summed E-state index contributed by atoms with van der Waals surface area (Å²) >= 11 is 6.27. The van der Waals surface area contributed by atoms with Gasteiger partial charge in [0.05, 0.1) is 22.4 Å². The zero-order valence-electron chi connectivity index (χ0n) is 22.8. The van der Waals surface area contributed by atoms with Crippen molar-refractivity contribution in [1.29, 1.82) is 0 Å². The molecule has 0 N–H and O–H groups in total. The molecule has 42 heavy (non-hydrogen) atoms. The van der Waals surface area contributed by atoms with Crippen LogP contribution >= 0.6 is 11.6 Å². The van der Waals surface area contributed by atoms with E-state index in [2.05, 4.69) is 0 Å². The lowest BCUT2D eigenvalue weighted by Crippen LogP contribution is -2.52. The zero-order valence-corrected chi connectivity index (χ0v) is 24.3. The Hall–Kier alpha value is -4.28. The minimum atomic E-state index is -4.10. The molecule has 0 unspecified atom stereocenters. The molecule has 1 aliphatic heterocycles. The van der Waals surface area contributed by atoms with Crippen molar-refractivity contribution >= 4 is 45.2 Å². The first-order valence-corrected chi connectivity index (χ1v) is 15.0. The molecule has 1 fully saturated rings. The van der Waals surface area contributed by atoms with Crippen molar-refractivity contribution in [3.63, 3.8) is 0 Å². The average Bonchev–Trinajstić information content (AvgIpc) is 3.22. The molecule has 0 aromatic heterocycles. The van der Waals surface area contributed by atoms with Crippen LogP contribution in [-0.2, 0) is 19.7 Å². The van der Waals surface area contributed by atoms with Crippen LogP contribution in [0.15, 0.2) is 89.8 Å². The van der Waals surface area contributed by atoms with E-state index in [1.54, 1.807) is 24.3 Å². The number of hydrazine groups is 1. The highest BCUT2D eigenvalue weighted by atomic mass is 35.5. The predicted molar refractivity (Wildman–Crippen MR) is 154 cm³/mol. The Kier molecular flexibility index (Phi) is 8.03.